The van der Waals surface area contributed by atoms with E-state index in [1.807, 2.05) is 45.0 Å². The third-order valence-corrected chi connectivity index (χ3v) is 3.64. The maximum atomic E-state index is 11.7. The number of hydrogen-bond donors (Lipinski definition) is 3. The van der Waals surface area contributed by atoms with Crippen LogP contribution >= 0.6 is 0 Å². The molecule has 1 unspecified atom stereocenters. The Morgan fingerprint density at radius 2 is 2.13 bits per heavy atom. The molecule has 0 saturated heterocycles. The molecule has 0 saturated carbocycles. The summed E-state index contributed by atoms with van der Waals surface area (Å²) in [5, 5.41) is 6.08. The van der Waals surface area contributed by atoms with Crippen LogP contribution in [-0.4, -0.2) is 31.6 Å². The number of para-hydroxylation sites is 1. The van der Waals surface area contributed by atoms with Crippen LogP contribution < -0.4 is 21.1 Å². The summed E-state index contributed by atoms with van der Waals surface area (Å²) in [5.74, 6) is 1.29. The van der Waals surface area contributed by atoms with Crippen molar-refractivity contribution in [3.05, 3.63) is 29.8 Å². The molecule has 0 aliphatic carbocycles. The first-order valence-corrected chi connectivity index (χ1v) is 7.94. The van der Waals surface area contributed by atoms with E-state index in [0.717, 1.165) is 17.7 Å². The van der Waals surface area contributed by atoms with Crippen molar-refractivity contribution in [3.63, 3.8) is 0 Å². The van der Waals surface area contributed by atoms with E-state index in [-0.39, 0.29) is 17.4 Å². The van der Waals surface area contributed by atoms with Crippen LogP contribution in [0.4, 0.5) is 0 Å². The van der Waals surface area contributed by atoms with Crippen molar-refractivity contribution in [1.82, 2.24) is 10.6 Å². The van der Waals surface area contributed by atoms with Crippen LogP contribution in [0.3, 0.4) is 0 Å². The summed E-state index contributed by atoms with van der Waals surface area (Å²) < 4.78 is 5.62. The molecule has 1 atom stereocenters. The van der Waals surface area contributed by atoms with Gasteiger partial charge in [-0.1, -0.05) is 39.0 Å². The lowest BCUT2D eigenvalue weighted by Gasteiger charge is -2.27. The second-order valence-electron chi connectivity index (χ2n) is 6.64. The zero-order valence-electron chi connectivity index (χ0n) is 14.1. The molecule has 1 amide bonds. The number of benzene rings is 1. The average Bonchev–Trinajstić information content (AvgIpc) is 2.51. The highest BCUT2D eigenvalue weighted by molar-refractivity contribution is 5.81. The molecule has 1 heterocycles. The van der Waals surface area contributed by atoms with Crippen molar-refractivity contribution >= 4 is 11.9 Å². The number of rotatable bonds is 4. The molecule has 23 heavy (non-hydrogen) atoms. The fourth-order valence-electron chi connectivity index (χ4n) is 2.33. The van der Waals surface area contributed by atoms with Gasteiger partial charge in [0.2, 0.25) is 5.91 Å². The van der Waals surface area contributed by atoms with E-state index in [2.05, 4.69) is 15.6 Å². The van der Waals surface area contributed by atoms with Gasteiger partial charge < -0.3 is 21.1 Å². The molecule has 1 aromatic rings. The van der Waals surface area contributed by atoms with Crippen LogP contribution in [0.1, 0.15) is 38.8 Å². The fraction of sp³-hybridized carbons (Fsp3) is 0.529. The van der Waals surface area contributed by atoms with Crippen LogP contribution in [0.15, 0.2) is 29.3 Å². The Bertz CT molecular complexity index is 578. The smallest absolute Gasteiger partial charge is 0.225 e. The van der Waals surface area contributed by atoms with E-state index in [4.69, 9.17) is 10.5 Å². The van der Waals surface area contributed by atoms with Gasteiger partial charge in [-0.3, -0.25) is 9.79 Å². The predicted octanol–water partition coefficient (Wildman–Crippen LogP) is 1.58. The van der Waals surface area contributed by atoms with Gasteiger partial charge in [0.25, 0.3) is 0 Å². The molecule has 6 nitrogen and oxygen atoms in total. The summed E-state index contributed by atoms with van der Waals surface area (Å²) in [4.78, 5) is 16.0. The molecule has 0 aromatic heterocycles. The van der Waals surface area contributed by atoms with Crippen molar-refractivity contribution in [3.8, 4) is 5.75 Å². The Morgan fingerprint density at radius 1 is 1.39 bits per heavy atom. The molecule has 1 aliphatic rings. The van der Waals surface area contributed by atoms with E-state index >= 15 is 0 Å². The standard InChI is InChI=1S/C17H26N4O2/c1-17(2,3)15(22)19-9-10-20-16(18)21-13-8-11-23-14-7-5-4-6-12(13)14/h4-7,13H,8-11H2,1-3H3,(H,19,22)(H3,18,20,21). The molecule has 1 aromatic carbocycles. The van der Waals surface area contributed by atoms with Gasteiger partial charge in [-0.2, -0.15) is 0 Å². The Morgan fingerprint density at radius 3 is 2.87 bits per heavy atom. The maximum absolute atomic E-state index is 11.7. The minimum absolute atomic E-state index is 0.0117. The van der Waals surface area contributed by atoms with Crippen LogP contribution in [0.5, 0.6) is 5.75 Å². The summed E-state index contributed by atoms with van der Waals surface area (Å²) in [5.41, 5.74) is 6.66. The number of nitrogens with two attached hydrogens (primary N) is 1. The second-order valence-corrected chi connectivity index (χ2v) is 6.64. The number of aliphatic imine (C=N–C) groups is 1. The lowest BCUT2D eigenvalue weighted by molar-refractivity contribution is -0.128. The molecule has 0 bridgehead atoms. The molecule has 4 N–H and O–H groups in total. The monoisotopic (exact) mass is 318 g/mol. The van der Waals surface area contributed by atoms with Gasteiger partial charge in [-0.25, -0.2) is 0 Å². The van der Waals surface area contributed by atoms with Crippen molar-refractivity contribution in [2.45, 2.75) is 33.2 Å². The molecule has 0 fully saturated rings. The number of nitrogens with one attached hydrogen (secondary N) is 2. The highest BCUT2D eigenvalue weighted by Crippen LogP contribution is 2.31. The molecule has 6 heteroatoms. The van der Waals surface area contributed by atoms with E-state index in [0.29, 0.717) is 25.7 Å². The number of guanidine groups is 1. The quantitative estimate of drug-likeness (QED) is 0.447. The van der Waals surface area contributed by atoms with Gasteiger partial charge in [0.15, 0.2) is 5.96 Å². The second kappa shape index (κ2) is 7.35. The third-order valence-electron chi connectivity index (χ3n) is 3.64. The number of amides is 1. The van der Waals surface area contributed by atoms with Gasteiger partial charge in [0.05, 0.1) is 19.2 Å². The van der Waals surface area contributed by atoms with Crippen molar-refractivity contribution < 1.29 is 9.53 Å². The molecule has 0 radical (unpaired) electrons. The summed E-state index contributed by atoms with van der Waals surface area (Å²) in [6.07, 6.45) is 0.841. The molecule has 0 spiro atoms. The van der Waals surface area contributed by atoms with Crippen molar-refractivity contribution in [1.29, 1.82) is 0 Å². The Hall–Kier alpha value is -2.24. The summed E-state index contributed by atoms with van der Waals surface area (Å²) >= 11 is 0. The Balaban J connectivity index is 1.83. The van der Waals surface area contributed by atoms with Gasteiger partial charge >= 0.3 is 0 Å². The maximum Gasteiger partial charge on any atom is 0.225 e. The minimum atomic E-state index is -0.390. The van der Waals surface area contributed by atoms with Gasteiger partial charge in [-0.15, -0.1) is 0 Å². The predicted molar refractivity (Wildman–Crippen MR) is 91.4 cm³/mol. The Labute approximate surface area is 137 Å². The van der Waals surface area contributed by atoms with E-state index in [1.165, 1.54) is 0 Å². The number of fused-ring (bicyclic) bond motifs is 1. The van der Waals surface area contributed by atoms with Crippen LogP contribution in [0, 0.1) is 5.41 Å². The third kappa shape index (κ3) is 4.87. The lowest BCUT2D eigenvalue weighted by atomic mass is 9.96. The summed E-state index contributed by atoms with van der Waals surface area (Å²) in [6, 6.07) is 8.03. The van der Waals surface area contributed by atoms with Crippen molar-refractivity contribution in [2.24, 2.45) is 16.1 Å². The average molecular weight is 318 g/mol. The van der Waals surface area contributed by atoms with Crippen molar-refractivity contribution in [2.75, 3.05) is 19.7 Å². The van der Waals surface area contributed by atoms with Gasteiger partial charge in [0.1, 0.15) is 5.75 Å². The van der Waals surface area contributed by atoms with Gasteiger partial charge in [-0.05, 0) is 6.07 Å². The lowest BCUT2D eigenvalue weighted by Crippen LogP contribution is -2.39. The first kappa shape index (κ1) is 17.1. The summed E-state index contributed by atoms with van der Waals surface area (Å²) in [7, 11) is 0. The molecule has 2 rings (SSSR count). The molecular formula is C17H26N4O2. The number of hydrogen-bond acceptors (Lipinski definition) is 3. The first-order chi connectivity index (χ1) is 10.9. The number of carbonyl (C=O) groups is 1. The van der Waals surface area contributed by atoms with E-state index in [9.17, 15) is 4.79 Å². The molecule has 1 aliphatic heterocycles. The number of ether oxygens (including phenoxy) is 1. The molecule has 126 valence electrons. The number of nitrogens with zero attached hydrogens (tertiary/aromatic N) is 1. The summed E-state index contributed by atoms with van der Waals surface area (Å²) in [6.45, 7) is 7.22. The first-order valence-electron chi connectivity index (χ1n) is 7.94. The highest BCUT2D eigenvalue weighted by Gasteiger charge is 2.21. The Kier molecular flexibility index (Phi) is 5.47. The van der Waals surface area contributed by atoms with Crippen LogP contribution in [0.2, 0.25) is 0 Å². The van der Waals surface area contributed by atoms with Crippen LogP contribution in [-0.2, 0) is 4.79 Å². The highest BCUT2D eigenvalue weighted by atomic mass is 16.5. The number of carbonyl (C=O) groups excluding carboxylic acids is 1. The SMILES string of the molecule is CC(C)(C)C(=O)NCCN=C(N)NC1CCOc2ccccc21. The minimum Gasteiger partial charge on any atom is -0.493 e. The topological polar surface area (TPSA) is 88.7 Å². The zero-order chi connectivity index (χ0) is 16.9. The largest absolute Gasteiger partial charge is 0.493 e. The van der Waals surface area contributed by atoms with Crippen LogP contribution in [0.25, 0.3) is 0 Å². The molecular weight excluding hydrogens is 292 g/mol. The zero-order valence-corrected chi connectivity index (χ0v) is 14.1. The van der Waals surface area contributed by atoms with E-state index in [1.54, 1.807) is 0 Å². The normalized spacial score (nSPS) is 17.9. The van der Waals surface area contributed by atoms with Gasteiger partial charge in [0, 0.05) is 23.9 Å². The van der Waals surface area contributed by atoms with E-state index < -0.39 is 0 Å². The fourth-order valence-corrected chi connectivity index (χ4v) is 2.33.